The number of nitrogens with zero attached hydrogens (tertiary/aromatic N) is 2. The largest absolute Gasteiger partial charge is 0.497 e. The second-order valence-corrected chi connectivity index (χ2v) is 6.35. The number of nitrogens with one attached hydrogen (secondary N) is 1. The number of rotatable bonds is 4. The molecule has 0 spiro atoms. The molecule has 1 amide bonds. The number of amides is 1. The van der Waals surface area contributed by atoms with Gasteiger partial charge in [0.25, 0.3) is 5.91 Å². The van der Waals surface area contributed by atoms with Crippen LogP contribution in [0.2, 0.25) is 0 Å². The first kappa shape index (κ1) is 17.0. The number of carbonyl (C=O) groups is 1. The van der Waals surface area contributed by atoms with Crippen molar-refractivity contribution in [3.8, 4) is 28.1 Å². The molecule has 0 saturated heterocycles. The molecule has 2 heterocycles. The lowest BCUT2D eigenvalue weighted by Crippen LogP contribution is -2.15. The van der Waals surface area contributed by atoms with E-state index in [4.69, 9.17) is 22.7 Å². The second kappa shape index (κ2) is 6.69. The van der Waals surface area contributed by atoms with Crippen molar-refractivity contribution in [3.05, 3.63) is 71.0 Å². The van der Waals surface area contributed by atoms with Crippen molar-refractivity contribution in [2.24, 2.45) is 5.73 Å². The van der Waals surface area contributed by atoms with Gasteiger partial charge in [0.15, 0.2) is 10.4 Å². The van der Waals surface area contributed by atoms with Crippen LogP contribution in [0.25, 0.3) is 28.0 Å². The lowest BCUT2D eigenvalue weighted by atomic mass is 9.97. The zero-order valence-corrected chi connectivity index (χ0v) is 15.3. The van der Waals surface area contributed by atoms with Crippen molar-refractivity contribution in [2.75, 3.05) is 7.11 Å². The summed E-state index contributed by atoms with van der Waals surface area (Å²) in [6, 6.07) is 19.1. The summed E-state index contributed by atoms with van der Waals surface area (Å²) in [5.41, 5.74) is 9.71. The van der Waals surface area contributed by atoms with E-state index in [1.165, 1.54) is 0 Å². The highest BCUT2D eigenvalue weighted by atomic mass is 32.1. The summed E-state index contributed by atoms with van der Waals surface area (Å²) >= 11 is 5.39. The fraction of sp³-hybridized carbons (Fsp3) is 0.0500. The van der Waals surface area contributed by atoms with Crippen LogP contribution in [0.5, 0.6) is 5.75 Å². The van der Waals surface area contributed by atoms with Gasteiger partial charge < -0.3 is 10.5 Å². The lowest BCUT2D eigenvalue weighted by Gasteiger charge is -2.14. The highest BCUT2D eigenvalue weighted by molar-refractivity contribution is 7.71. The molecule has 0 radical (unpaired) electrons. The van der Waals surface area contributed by atoms with Crippen molar-refractivity contribution >= 4 is 23.8 Å². The average molecular weight is 376 g/mol. The van der Waals surface area contributed by atoms with Gasteiger partial charge in [-0.05, 0) is 41.5 Å². The van der Waals surface area contributed by atoms with E-state index in [0.717, 1.165) is 22.6 Å². The van der Waals surface area contributed by atoms with E-state index in [9.17, 15) is 4.79 Å². The molecule has 27 heavy (non-hydrogen) atoms. The Bertz CT molecular complexity index is 1190. The Hall–Kier alpha value is -3.45. The highest BCUT2D eigenvalue weighted by Crippen LogP contribution is 2.33. The van der Waals surface area contributed by atoms with Crippen LogP contribution < -0.4 is 10.5 Å². The molecule has 4 aromatic rings. The number of benzene rings is 2. The summed E-state index contributed by atoms with van der Waals surface area (Å²) in [5, 5.41) is 7.03. The number of H-pyrrole nitrogens is 1. The fourth-order valence-corrected chi connectivity index (χ4v) is 3.38. The smallest absolute Gasteiger partial charge is 0.253 e. The Labute approximate surface area is 160 Å². The first-order valence-corrected chi connectivity index (χ1v) is 8.64. The van der Waals surface area contributed by atoms with E-state index in [1.54, 1.807) is 11.5 Å². The Morgan fingerprint density at radius 3 is 2.44 bits per heavy atom. The van der Waals surface area contributed by atoms with Crippen molar-refractivity contribution in [2.45, 2.75) is 0 Å². The zero-order chi connectivity index (χ0) is 19.0. The predicted octanol–water partition coefficient (Wildman–Crippen LogP) is 3.83. The van der Waals surface area contributed by atoms with E-state index in [0.29, 0.717) is 21.5 Å². The van der Waals surface area contributed by atoms with Gasteiger partial charge in [-0.25, -0.2) is 0 Å². The molecule has 2 aromatic carbocycles. The van der Waals surface area contributed by atoms with E-state index in [-0.39, 0.29) is 0 Å². The first-order chi connectivity index (χ1) is 13.1. The number of ether oxygens (including phenoxy) is 1. The summed E-state index contributed by atoms with van der Waals surface area (Å²) in [5.74, 6) is 0.158. The minimum atomic E-state index is -0.570. The van der Waals surface area contributed by atoms with Crippen molar-refractivity contribution in [1.82, 2.24) is 14.6 Å². The van der Waals surface area contributed by atoms with Crippen LogP contribution in [0.3, 0.4) is 0 Å². The highest BCUT2D eigenvalue weighted by Gasteiger charge is 2.20. The summed E-state index contributed by atoms with van der Waals surface area (Å²) in [4.78, 5) is 12.3. The van der Waals surface area contributed by atoms with Crippen LogP contribution >= 0.6 is 12.2 Å². The van der Waals surface area contributed by atoms with Gasteiger partial charge in [-0.2, -0.15) is 5.10 Å². The summed E-state index contributed by atoms with van der Waals surface area (Å²) in [6.45, 7) is 0. The SMILES string of the molecule is COc1ccc(-c2cc(-c3ccccc3)n3c(=S)[nH]nc3c2C(N)=O)cc1. The number of pyridine rings is 1. The molecule has 0 aliphatic heterocycles. The third-order valence-electron chi connectivity index (χ3n) is 4.40. The maximum Gasteiger partial charge on any atom is 0.253 e. The third-order valence-corrected chi connectivity index (χ3v) is 4.68. The van der Waals surface area contributed by atoms with Crippen LogP contribution in [-0.4, -0.2) is 27.6 Å². The maximum absolute atomic E-state index is 12.3. The number of nitrogens with two attached hydrogens (primary N) is 1. The number of aromatic nitrogens is 3. The van der Waals surface area contributed by atoms with Gasteiger partial charge in [0, 0.05) is 5.56 Å². The molecular formula is C20H16N4O2S. The molecule has 134 valence electrons. The van der Waals surface area contributed by atoms with Crippen molar-refractivity contribution in [1.29, 1.82) is 0 Å². The topological polar surface area (TPSA) is 85.4 Å². The first-order valence-electron chi connectivity index (χ1n) is 8.24. The van der Waals surface area contributed by atoms with Crippen LogP contribution in [-0.2, 0) is 0 Å². The minimum Gasteiger partial charge on any atom is -0.497 e. The molecule has 0 aliphatic rings. The Morgan fingerprint density at radius 1 is 1.11 bits per heavy atom. The van der Waals surface area contributed by atoms with Crippen molar-refractivity contribution in [3.63, 3.8) is 0 Å². The third kappa shape index (κ3) is 2.88. The van der Waals surface area contributed by atoms with E-state index in [1.807, 2.05) is 60.7 Å². The van der Waals surface area contributed by atoms with Gasteiger partial charge in [-0.3, -0.25) is 14.3 Å². The van der Waals surface area contributed by atoms with E-state index in [2.05, 4.69) is 10.2 Å². The second-order valence-electron chi connectivity index (χ2n) is 5.96. The van der Waals surface area contributed by atoms with Crippen molar-refractivity contribution < 1.29 is 9.53 Å². The molecule has 0 atom stereocenters. The number of hydrogen-bond acceptors (Lipinski definition) is 4. The molecule has 0 fully saturated rings. The molecule has 7 heteroatoms. The number of primary amides is 1. The molecular weight excluding hydrogens is 360 g/mol. The number of hydrogen-bond donors (Lipinski definition) is 2. The maximum atomic E-state index is 12.3. The van der Waals surface area contributed by atoms with Crippen LogP contribution in [0.1, 0.15) is 10.4 Å². The molecule has 0 aliphatic carbocycles. The van der Waals surface area contributed by atoms with Crippen LogP contribution in [0, 0.1) is 4.77 Å². The Morgan fingerprint density at radius 2 is 1.81 bits per heavy atom. The number of aromatic amines is 1. The summed E-state index contributed by atoms with van der Waals surface area (Å²) in [6.07, 6.45) is 0. The van der Waals surface area contributed by atoms with Crippen LogP contribution in [0.4, 0.5) is 0 Å². The monoisotopic (exact) mass is 376 g/mol. The molecule has 6 nitrogen and oxygen atoms in total. The van der Waals surface area contributed by atoms with Gasteiger partial charge >= 0.3 is 0 Å². The van der Waals surface area contributed by atoms with E-state index >= 15 is 0 Å². The lowest BCUT2D eigenvalue weighted by molar-refractivity contribution is 0.100. The van der Waals surface area contributed by atoms with Gasteiger partial charge in [0.1, 0.15) is 5.75 Å². The van der Waals surface area contributed by atoms with E-state index < -0.39 is 5.91 Å². The average Bonchev–Trinajstić information content (AvgIpc) is 3.09. The summed E-state index contributed by atoms with van der Waals surface area (Å²) < 4.78 is 7.35. The summed E-state index contributed by atoms with van der Waals surface area (Å²) in [7, 11) is 1.61. The molecule has 2 aromatic heterocycles. The quantitative estimate of drug-likeness (QED) is 0.530. The number of fused-ring (bicyclic) bond motifs is 1. The number of carbonyl (C=O) groups excluding carboxylic acids is 1. The van der Waals surface area contributed by atoms with Gasteiger partial charge in [0.05, 0.1) is 18.4 Å². The van der Waals surface area contributed by atoms with Gasteiger partial charge in [0.2, 0.25) is 0 Å². The predicted molar refractivity (Wildman–Crippen MR) is 106 cm³/mol. The molecule has 3 N–H and O–H groups in total. The van der Waals surface area contributed by atoms with Crippen LogP contribution in [0.15, 0.2) is 60.7 Å². The normalized spacial score (nSPS) is 10.9. The molecule has 4 rings (SSSR count). The Balaban J connectivity index is 2.09. The Kier molecular flexibility index (Phi) is 4.21. The van der Waals surface area contributed by atoms with Gasteiger partial charge in [-0.15, -0.1) is 0 Å². The number of methoxy groups -OCH3 is 1. The minimum absolute atomic E-state index is 0.312. The zero-order valence-electron chi connectivity index (χ0n) is 14.5. The molecule has 0 saturated carbocycles. The molecule has 0 unspecified atom stereocenters. The van der Waals surface area contributed by atoms with Gasteiger partial charge in [-0.1, -0.05) is 42.5 Å². The molecule has 0 bridgehead atoms. The standard InChI is InChI=1S/C20H16N4O2S/c1-26-14-9-7-12(8-10-14)15-11-16(13-5-3-2-4-6-13)24-19(17(15)18(21)25)22-23-20(24)27/h2-11H,1H3,(H2,21,25)(H,23,27). The fourth-order valence-electron chi connectivity index (χ4n) is 3.14.